The molecule has 0 amide bonds. The van der Waals surface area contributed by atoms with E-state index in [1.54, 1.807) is 13.2 Å². The summed E-state index contributed by atoms with van der Waals surface area (Å²) in [6.45, 7) is 3.22. The lowest BCUT2D eigenvalue weighted by Crippen LogP contribution is -2.25. The number of hydrogen-bond donors (Lipinski definition) is 0. The predicted octanol–water partition coefficient (Wildman–Crippen LogP) is 5.31. The average Bonchev–Trinajstić information content (AvgIpc) is 2.75. The van der Waals surface area contributed by atoms with Crippen molar-refractivity contribution in [2.24, 2.45) is 5.92 Å². The van der Waals surface area contributed by atoms with Crippen LogP contribution in [0.3, 0.4) is 0 Å². The van der Waals surface area contributed by atoms with Crippen LogP contribution in [0.2, 0.25) is 0 Å². The molecular formula is C26H31NO3. The van der Waals surface area contributed by atoms with E-state index in [1.807, 2.05) is 24.3 Å². The van der Waals surface area contributed by atoms with Crippen LogP contribution in [-0.4, -0.2) is 45.7 Å². The Balaban J connectivity index is 2.06. The highest BCUT2D eigenvalue weighted by atomic mass is 16.5. The van der Waals surface area contributed by atoms with Crippen LogP contribution in [0.25, 0.3) is 11.6 Å². The second-order valence-electron chi connectivity index (χ2n) is 8.06. The Hall–Kier alpha value is -2.85. The molecule has 1 aliphatic carbocycles. The first-order valence-electron chi connectivity index (χ1n) is 10.3. The van der Waals surface area contributed by atoms with Crippen molar-refractivity contribution in [1.29, 1.82) is 0 Å². The van der Waals surface area contributed by atoms with E-state index in [-0.39, 0.29) is 5.97 Å². The molecule has 0 fully saturated rings. The van der Waals surface area contributed by atoms with Crippen LogP contribution in [0.1, 0.15) is 41.3 Å². The van der Waals surface area contributed by atoms with Crippen LogP contribution in [0.15, 0.2) is 59.7 Å². The van der Waals surface area contributed by atoms with E-state index in [4.69, 9.17) is 9.47 Å². The van der Waals surface area contributed by atoms with Crippen LogP contribution >= 0.6 is 0 Å². The van der Waals surface area contributed by atoms with Gasteiger partial charge in [0, 0.05) is 6.54 Å². The summed E-state index contributed by atoms with van der Waals surface area (Å²) >= 11 is 0. The third kappa shape index (κ3) is 5.00. The van der Waals surface area contributed by atoms with Crippen LogP contribution < -0.4 is 4.74 Å². The number of carbonyl (C=O) groups is 1. The second kappa shape index (κ2) is 9.77. The van der Waals surface area contributed by atoms with Crippen molar-refractivity contribution in [2.75, 3.05) is 34.9 Å². The minimum absolute atomic E-state index is 0.311. The Labute approximate surface area is 179 Å². The highest BCUT2D eigenvalue weighted by Crippen LogP contribution is 2.41. The molecule has 0 radical (unpaired) electrons. The minimum Gasteiger partial charge on any atom is -0.497 e. The van der Waals surface area contributed by atoms with Gasteiger partial charge in [0.15, 0.2) is 0 Å². The fraction of sp³-hybridized carbons (Fsp3) is 0.346. The van der Waals surface area contributed by atoms with E-state index in [1.165, 1.54) is 29.4 Å². The first-order valence-corrected chi connectivity index (χ1v) is 10.3. The highest BCUT2D eigenvalue weighted by Gasteiger charge is 2.26. The third-order valence-corrected chi connectivity index (χ3v) is 5.67. The molecule has 30 heavy (non-hydrogen) atoms. The zero-order chi connectivity index (χ0) is 21.7. The van der Waals surface area contributed by atoms with Gasteiger partial charge in [-0.1, -0.05) is 30.3 Å². The maximum atomic E-state index is 11.9. The third-order valence-electron chi connectivity index (χ3n) is 5.67. The topological polar surface area (TPSA) is 38.8 Å². The van der Waals surface area contributed by atoms with E-state index < -0.39 is 0 Å². The molecule has 0 N–H and O–H groups in total. The van der Waals surface area contributed by atoms with Crippen molar-refractivity contribution >= 4 is 17.6 Å². The van der Waals surface area contributed by atoms with Gasteiger partial charge in [-0.3, -0.25) is 0 Å². The van der Waals surface area contributed by atoms with Crippen molar-refractivity contribution in [1.82, 2.24) is 4.90 Å². The maximum Gasteiger partial charge on any atom is 0.337 e. The van der Waals surface area contributed by atoms with Crippen molar-refractivity contribution < 1.29 is 14.3 Å². The molecule has 4 nitrogen and oxygen atoms in total. The van der Waals surface area contributed by atoms with Gasteiger partial charge in [0.1, 0.15) is 5.75 Å². The molecular weight excluding hydrogens is 374 g/mol. The van der Waals surface area contributed by atoms with E-state index in [2.05, 4.69) is 50.2 Å². The normalized spacial score (nSPS) is 18.1. The number of carbonyl (C=O) groups excluding carboxylic acids is 1. The summed E-state index contributed by atoms with van der Waals surface area (Å²) in [6.07, 6.45) is 4.30. The number of nitrogens with zero attached hydrogens (tertiary/aromatic N) is 1. The van der Waals surface area contributed by atoms with Crippen LogP contribution in [0.5, 0.6) is 5.75 Å². The fourth-order valence-electron chi connectivity index (χ4n) is 4.26. The van der Waals surface area contributed by atoms with Crippen LogP contribution in [0.4, 0.5) is 0 Å². The Kier molecular flexibility index (Phi) is 7.11. The SMILES string of the molecule is COC(=O)c1cccc(/C=C2\CCC(CN(C)C)C(c3cccc(OC)c3)=C2C)c1. The average molecular weight is 406 g/mol. The number of hydrogen-bond acceptors (Lipinski definition) is 4. The van der Waals surface area contributed by atoms with Gasteiger partial charge in [-0.2, -0.15) is 0 Å². The minimum atomic E-state index is -0.311. The monoisotopic (exact) mass is 405 g/mol. The van der Waals surface area contributed by atoms with Crippen molar-refractivity contribution in [3.63, 3.8) is 0 Å². The molecule has 0 saturated heterocycles. The molecule has 0 heterocycles. The molecule has 1 unspecified atom stereocenters. The predicted molar refractivity (Wildman–Crippen MR) is 123 cm³/mol. The number of ether oxygens (including phenoxy) is 2. The Morgan fingerprint density at radius 3 is 2.60 bits per heavy atom. The molecule has 2 aromatic rings. The smallest absolute Gasteiger partial charge is 0.337 e. The van der Waals surface area contributed by atoms with Gasteiger partial charge in [0.25, 0.3) is 0 Å². The summed E-state index contributed by atoms with van der Waals surface area (Å²) in [5.74, 6) is 1.03. The molecule has 3 rings (SSSR count). The molecule has 4 heteroatoms. The molecule has 0 bridgehead atoms. The molecule has 0 aliphatic heterocycles. The van der Waals surface area contributed by atoms with Gasteiger partial charge in [-0.15, -0.1) is 0 Å². The van der Waals surface area contributed by atoms with Gasteiger partial charge >= 0.3 is 5.97 Å². The second-order valence-corrected chi connectivity index (χ2v) is 8.06. The summed E-state index contributed by atoms with van der Waals surface area (Å²) in [4.78, 5) is 14.2. The lowest BCUT2D eigenvalue weighted by atomic mass is 9.76. The maximum absolute atomic E-state index is 11.9. The van der Waals surface area contributed by atoms with E-state index in [9.17, 15) is 4.79 Å². The molecule has 0 aromatic heterocycles. The zero-order valence-corrected chi connectivity index (χ0v) is 18.6. The fourth-order valence-corrected chi connectivity index (χ4v) is 4.26. The number of allylic oxidation sites excluding steroid dienone is 2. The lowest BCUT2D eigenvalue weighted by Gasteiger charge is -2.32. The Morgan fingerprint density at radius 2 is 1.90 bits per heavy atom. The molecule has 158 valence electrons. The molecule has 2 aromatic carbocycles. The Morgan fingerprint density at radius 1 is 1.13 bits per heavy atom. The van der Waals surface area contributed by atoms with Crippen LogP contribution in [0, 0.1) is 5.92 Å². The highest BCUT2D eigenvalue weighted by molar-refractivity contribution is 5.90. The molecule has 0 spiro atoms. The van der Waals surface area contributed by atoms with Gasteiger partial charge in [0.2, 0.25) is 0 Å². The van der Waals surface area contributed by atoms with Gasteiger partial charge < -0.3 is 14.4 Å². The number of esters is 1. The van der Waals surface area contributed by atoms with E-state index in [0.29, 0.717) is 11.5 Å². The summed E-state index contributed by atoms with van der Waals surface area (Å²) in [5.41, 5.74) is 6.80. The van der Waals surface area contributed by atoms with Crippen molar-refractivity contribution in [2.45, 2.75) is 19.8 Å². The van der Waals surface area contributed by atoms with Gasteiger partial charge in [0.05, 0.1) is 19.8 Å². The number of rotatable bonds is 6. The van der Waals surface area contributed by atoms with Crippen LogP contribution in [-0.2, 0) is 4.74 Å². The quantitative estimate of drug-likeness (QED) is 0.611. The standard InChI is InChI=1S/C26H31NO3/c1-18-20(14-19-8-6-10-22(15-19)26(28)30-5)12-13-23(17-27(2)3)25(18)21-9-7-11-24(16-21)29-4/h6-11,14-16,23H,12-13,17H2,1-5H3/b20-14+. The zero-order valence-electron chi connectivity index (χ0n) is 18.6. The molecule has 0 saturated carbocycles. The summed E-state index contributed by atoms with van der Waals surface area (Å²) in [7, 11) is 7.37. The van der Waals surface area contributed by atoms with E-state index >= 15 is 0 Å². The number of methoxy groups -OCH3 is 2. The van der Waals surface area contributed by atoms with Crippen molar-refractivity contribution in [3.8, 4) is 5.75 Å². The van der Waals surface area contributed by atoms with Gasteiger partial charge in [-0.25, -0.2) is 4.79 Å². The van der Waals surface area contributed by atoms with E-state index in [0.717, 1.165) is 30.7 Å². The first kappa shape index (κ1) is 21.8. The summed E-state index contributed by atoms with van der Waals surface area (Å²) in [6, 6.07) is 15.9. The Bertz CT molecular complexity index is 972. The lowest BCUT2D eigenvalue weighted by molar-refractivity contribution is 0.0600. The van der Waals surface area contributed by atoms with Gasteiger partial charge in [-0.05, 0) is 91.9 Å². The molecule has 1 atom stereocenters. The first-order chi connectivity index (χ1) is 14.4. The summed E-state index contributed by atoms with van der Waals surface area (Å²) in [5, 5.41) is 0. The summed E-state index contributed by atoms with van der Waals surface area (Å²) < 4.78 is 10.3. The largest absolute Gasteiger partial charge is 0.497 e. The van der Waals surface area contributed by atoms with Crippen molar-refractivity contribution in [3.05, 3.63) is 76.4 Å². The molecule has 1 aliphatic rings. The number of benzene rings is 2.